The highest BCUT2D eigenvalue weighted by Gasteiger charge is 2.10. The summed E-state index contributed by atoms with van der Waals surface area (Å²) in [5.74, 6) is 1.20. The number of hydrogen-bond acceptors (Lipinski definition) is 3. The summed E-state index contributed by atoms with van der Waals surface area (Å²) in [4.78, 5) is 1.45. The Labute approximate surface area is 116 Å². The number of nitrogens with one attached hydrogen (secondary N) is 1. The van der Waals surface area contributed by atoms with Gasteiger partial charge < -0.3 is 5.32 Å². The fraction of sp³-hybridized carbons (Fsp3) is 0.667. The summed E-state index contributed by atoms with van der Waals surface area (Å²) < 4.78 is 1.21. The van der Waals surface area contributed by atoms with Crippen LogP contribution in [-0.4, -0.2) is 24.1 Å². The van der Waals surface area contributed by atoms with Gasteiger partial charge in [0, 0.05) is 31.8 Å². The van der Waals surface area contributed by atoms with Gasteiger partial charge in [-0.25, -0.2) is 0 Å². The average molecular weight is 322 g/mol. The van der Waals surface area contributed by atoms with E-state index < -0.39 is 0 Å². The summed E-state index contributed by atoms with van der Waals surface area (Å²) in [6.45, 7) is 4.56. The molecule has 1 aromatic heterocycles. The molecular formula is C12H20BrNS2. The van der Waals surface area contributed by atoms with Gasteiger partial charge in [0.1, 0.15) is 0 Å². The van der Waals surface area contributed by atoms with Crippen LogP contribution in [0.5, 0.6) is 0 Å². The molecule has 0 radical (unpaired) electrons. The molecule has 16 heavy (non-hydrogen) atoms. The lowest BCUT2D eigenvalue weighted by Gasteiger charge is -2.17. The standard InChI is InChI=1S/C12H20BrNS2/c1-4-9(2)15-8-11(14-3)6-12-5-10(13)7-16-12/h5,7,9,11,14H,4,6,8H2,1-3H3. The second-order valence-corrected chi connectivity index (χ2v) is 7.36. The Kier molecular flexibility index (Phi) is 7.04. The van der Waals surface area contributed by atoms with Crippen LogP contribution >= 0.6 is 39.0 Å². The normalized spacial score (nSPS) is 15.0. The van der Waals surface area contributed by atoms with E-state index in [4.69, 9.17) is 0 Å². The fourth-order valence-electron chi connectivity index (χ4n) is 1.35. The molecule has 0 saturated heterocycles. The second-order valence-electron chi connectivity index (χ2n) is 3.97. The van der Waals surface area contributed by atoms with E-state index in [1.54, 1.807) is 0 Å². The van der Waals surface area contributed by atoms with Gasteiger partial charge in [-0.1, -0.05) is 13.8 Å². The molecule has 1 heterocycles. The van der Waals surface area contributed by atoms with Crippen molar-refractivity contribution in [2.75, 3.05) is 12.8 Å². The van der Waals surface area contributed by atoms with E-state index in [0.717, 1.165) is 11.7 Å². The highest BCUT2D eigenvalue weighted by atomic mass is 79.9. The topological polar surface area (TPSA) is 12.0 Å². The van der Waals surface area contributed by atoms with Gasteiger partial charge >= 0.3 is 0 Å². The quantitative estimate of drug-likeness (QED) is 0.808. The molecule has 0 bridgehead atoms. The van der Waals surface area contributed by atoms with Crippen LogP contribution in [0.2, 0.25) is 0 Å². The van der Waals surface area contributed by atoms with E-state index in [9.17, 15) is 0 Å². The van der Waals surface area contributed by atoms with E-state index in [2.05, 4.69) is 65.4 Å². The summed E-state index contributed by atoms with van der Waals surface area (Å²) in [7, 11) is 2.06. The van der Waals surface area contributed by atoms with Crippen molar-refractivity contribution in [3.05, 3.63) is 20.8 Å². The summed E-state index contributed by atoms with van der Waals surface area (Å²) in [6.07, 6.45) is 2.39. The third-order valence-corrected chi connectivity index (χ3v) is 5.85. The molecule has 0 aromatic carbocycles. The summed E-state index contributed by atoms with van der Waals surface area (Å²) >= 11 is 7.40. The molecule has 2 atom stereocenters. The minimum atomic E-state index is 0.588. The molecule has 0 aliphatic rings. The lowest BCUT2D eigenvalue weighted by atomic mass is 10.2. The first-order valence-corrected chi connectivity index (χ1v) is 8.39. The number of likely N-dealkylation sites (N-methyl/N-ethyl adjacent to an activating group) is 1. The molecule has 1 rings (SSSR count). The van der Waals surface area contributed by atoms with E-state index in [0.29, 0.717) is 6.04 Å². The van der Waals surface area contributed by atoms with Crippen molar-refractivity contribution in [2.24, 2.45) is 0 Å². The van der Waals surface area contributed by atoms with Crippen molar-refractivity contribution in [3.8, 4) is 0 Å². The number of thiophene rings is 1. The lowest BCUT2D eigenvalue weighted by Crippen LogP contribution is -2.30. The molecule has 2 unspecified atom stereocenters. The van der Waals surface area contributed by atoms with Crippen LogP contribution < -0.4 is 5.32 Å². The molecular weight excluding hydrogens is 302 g/mol. The Hall–Kier alpha value is 0.490. The van der Waals surface area contributed by atoms with Crippen molar-refractivity contribution in [3.63, 3.8) is 0 Å². The third-order valence-electron chi connectivity index (χ3n) is 2.63. The van der Waals surface area contributed by atoms with Crippen LogP contribution in [0.4, 0.5) is 0 Å². The molecule has 1 nitrogen and oxygen atoms in total. The van der Waals surface area contributed by atoms with Gasteiger partial charge in [-0.2, -0.15) is 11.8 Å². The Bertz CT molecular complexity index is 301. The maximum atomic E-state index is 3.50. The minimum Gasteiger partial charge on any atom is -0.316 e. The zero-order valence-corrected chi connectivity index (χ0v) is 13.3. The van der Waals surface area contributed by atoms with E-state index in [1.165, 1.54) is 21.5 Å². The first-order valence-electron chi connectivity index (χ1n) is 5.67. The van der Waals surface area contributed by atoms with Crippen molar-refractivity contribution >= 4 is 39.0 Å². The van der Waals surface area contributed by atoms with Crippen LogP contribution in [0.25, 0.3) is 0 Å². The van der Waals surface area contributed by atoms with Gasteiger partial charge in [0.2, 0.25) is 0 Å². The van der Waals surface area contributed by atoms with Crippen LogP contribution in [-0.2, 0) is 6.42 Å². The maximum Gasteiger partial charge on any atom is 0.0285 e. The third kappa shape index (κ3) is 5.21. The zero-order valence-electron chi connectivity index (χ0n) is 10.1. The van der Waals surface area contributed by atoms with Crippen LogP contribution in [0.1, 0.15) is 25.1 Å². The molecule has 0 aliphatic carbocycles. The van der Waals surface area contributed by atoms with Crippen LogP contribution in [0.15, 0.2) is 15.9 Å². The number of rotatable bonds is 7. The molecule has 4 heteroatoms. The smallest absolute Gasteiger partial charge is 0.0285 e. The van der Waals surface area contributed by atoms with Crippen molar-refractivity contribution in [2.45, 2.75) is 38.0 Å². The SMILES string of the molecule is CCC(C)SCC(Cc1cc(Br)cs1)NC. The predicted octanol–water partition coefficient (Wildman–Crippen LogP) is 4.17. The monoisotopic (exact) mass is 321 g/mol. The largest absolute Gasteiger partial charge is 0.316 e. The van der Waals surface area contributed by atoms with E-state index >= 15 is 0 Å². The molecule has 0 saturated carbocycles. The predicted molar refractivity (Wildman–Crippen MR) is 80.8 cm³/mol. The van der Waals surface area contributed by atoms with E-state index in [1.807, 2.05) is 11.3 Å². The highest BCUT2D eigenvalue weighted by Crippen LogP contribution is 2.22. The van der Waals surface area contributed by atoms with Crippen LogP contribution in [0.3, 0.4) is 0 Å². The van der Waals surface area contributed by atoms with Gasteiger partial charge in [0.15, 0.2) is 0 Å². The minimum absolute atomic E-state index is 0.588. The lowest BCUT2D eigenvalue weighted by molar-refractivity contribution is 0.620. The molecule has 1 aromatic rings. The van der Waals surface area contributed by atoms with Gasteiger partial charge in [-0.05, 0) is 41.9 Å². The molecule has 92 valence electrons. The Morgan fingerprint density at radius 3 is 2.81 bits per heavy atom. The number of hydrogen-bond donors (Lipinski definition) is 1. The Balaban J connectivity index is 2.37. The zero-order chi connectivity index (χ0) is 12.0. The molecule has 0 aliphatic heterocycles. The second kappa shape index (κ2) is 7.75. The summed E-state index contributed by atoms with van der Waals surface area (Å²) in [6, 6.07) is 2.81. The molecule has 1 N–H and O–H groups in total. The van der Waals surface area contributed by atoms with Crippen molar-refractivity contribution < 1.29 is 0 Å². The van der Waals surface area contributed by atoms with Gasteiger partial charge in [-0.3, -0.25) is 0 Å². The number of thioether (sulfide) groups is 1. The van der Waals surface area contributed by atoms with Gasteiger partial charge in [-0.15, -0.1) is 11.3 Å². The molecule has 0 spiro atoms. The Morgan fingerprint density at radius 1 is 1.56 bits per heavy atom. The molecule has 0 fully saturated rings. The first-order chi connectivity index (χ1) is 7.65. The fourth-order valence-corrected chi connectivity index (χ4v) is 3.96. The van der Waals surface area contributed by atoms with E-state index in [-0.39, 0.29) is 0 Å². The summed E-state index contributed by atoms with van der Waals surface area (Å²) in [5.41, 5.74) is 0. The van der Waals surface area contributed by atoms with Crippen molar-refractivity contribution in [1.82, 2.24) is 5.32 Å². The average Bonchev–Trinajstić information content (AvgIpc) is 2.69. The summed E-state index contributed by atoms with van der Waals surface area (Å²) in [5, 5.41) is 6.34. The highest BCUT2D eigenvalue weighted by molar-refractivity contribution is 9.10. The van der Waals surface area contributed by atoms with Crippen LogP contribution in [0, 0.1) is 0 Å². The molecule has 0 amide bonds. The van der Waals surface area contributed by atoms with Gasteiger partial charge in [0.25, 0.3) is 0 Å². The van der Waals surface area contributed by atoms with Gasteiger partial charge in [0.05, 0.1) is 0 Å². The Morgan fingerprint density at radius 2 is 2.31 bits per heavy atom. The number of halogens is 1. The first kappa shape index (κ1) is 14.6. The van der Waals surface area contributed by atoms with Crippen molar-refractivity contribution in [1.29, 1.82) is 0 Å². The maximum absolute atomic E-state index is 3.50.